The molecule has 3 heteroatoms. The maximum absolute atomic E-state index is 13.7. The van der Waals surface area contributed by atoms with E-state index in [0.29, 0.717) is 12.1 Å². The number of methoxy groups -OCH3 is 1. The van der Waals surface area contributed by atoms with Crippen molar-refractivity contribution in [1.29, 1.82) is 0 Å². The van der Waals surface area contributed by atoms with Crippen LogP contribution in [0.25, 0.3) is 11.1 Å². The molecule has 0 bridgehead atoms. The average molecular weight is 231 g/mol. The number of benzene rings is 2. The van der Waals surface area contributed by atoms with Crippen LogP contribution in [0.3, 0.4) is 0 Å². The first-order chi connectivity index (χ1) is 8.24. The van der Waals surface area contributed by atoms with E-state index >= 15 is 0 Å². The molecule has 2 N–H and O–H groups in total. The van der Waals surface area contributed by atoms with Gasteiger partial charge in [-0.2, -0.15) is 0 Å². The maximum Gasteiger partial charge on any atom is 0.131 e. The van der Waals surface area contributed by atoms with Gasteiger partial charge in [0.25, 0.3) is 0 Å². The van der Waals surface area contributed by atoms with Crippen LogP contribution in [0.5, 0.6) is 5.75 Å². The molecule has 0 saturated carbocycles. The lowest BCUT2D eigenvalue weighted by atomic mass is 10.0. The molecule has 0 aliphatic carbocycles. The Morgan fingerprint density at radius 2 is 1.82 bits per heavy atom. The zero-order valence-electron chi connectivity index (χ0n) is 9.61. The number of hydrogen-bond acceptors (Lipinski definition) is 2. The summed E-state index contributed by atoms with van der Waals surface area (Å²) in [6.45, 7) is 0.406. The first kappa shape index (κ1) is 11.6. The van der Waals surface area contributed by atoms with Crippen LogP contribution in [0.15, 0.2) is 42.5 Å². The van der Waals surface area contributed by atoms with Gasteiger partial charge in [-0.15, -0.1) is 0 Å². The topological polar surface area (TPSA) is 35.2 Å². The standard InChI is InChI=1S/C14H14FNO/c1-17-12-5-3-11(4-6-12)13-8-10(9-16)2-7-14(13)15/h2-8H,9,16H2,1H3. The van der Waals surface area contributed by atoms with Gasteiger partial charge in [-0.1, -0.05) is 18.2 Å². The van der Waals surface area contributed by atoms with Crippen molar-refractivity contribution in [2.75, 3.05) is 7.11 Å². The molecule has 0 aliphatic heterocycles. The molecule has 2 rings (SSSR count). The summed E-state index contributed by atoms with van der Waals surface area (Å²) in [5, 5.41) is 0. The number of ether oxygens (including phenoxy) is 1. The third-order valence-corrected chi connectivity index (χ3v) is 2.67. The van der Waals surface area contributed by atoms with Gasteiger partial charge in [0, 0.05) is 12.1 Å². The molecule has 2 aromatic carbocycles. The third kappa shape index (κ3) is 2.45. The van der Waals surface area contributed by atoms with Crippen LogP contribution in [0.1, 0.15) is 5.56 Å². The van der Waals surface area contributed by atoms with Crippen LogP contribution in [0, 0.1) is 5.82 Å². The van der Waals surface area contributed by atoms with Crippen LogP contribution >= 0.6 is 0 Å². The molecule has 2 aromatic rings. The fraction of sp³-hybridized carbons (Fsp3) is 0.143. The minimum atomic E-state index is -0.243. The average Bonchev–Trinajstić information content (AvgIpc) is 2.39. The highest BCUT2D eigenvalue weighted by atomic mass is 19.1. The Morgan fingerprint density at radius 3 is 2.41 bits per heavy atom. The summed E-state index contributed by atoms with van der Waals surface area (Å²) in [5.74, 6) is 0.511. The highest BCUT2D eigenvalue weighted by molar-refractivity contribution is 5.65. The van der Waals surface area contributed by atoms with Crippen molar-refractivity contribution in [2.45, 2.75) is 6.54 Å². The van der Waals surface area contributed by atoms with Crippen molar-refractivity contribution >= 4 is 0 Å². The number of hydrogen-bond donors (Lipinski definition) is 1. The second-order valence-electron chi connectivity index (χ2n) is 3.75. The van der Waals surface area contributed by atoms with E-state index in [-0.39, 0.29) is 5.82 Å². The molecule has 0 radical (unpaired) electrons. The van der Waals surface area contributed by atoms with E-state index in [4.69, 9.17) is 10.5 Å². The van der Waals surface area contributed by atoms with Gasteiger partial charge in [0.05, 0.1) is 7.11 Å². The van der Waals surface area contributed by atoms with Crippen LogP contribution in [0.4, 0.5) is 4.39 Å². The Labute approximate surface area is 99.8 Å². The fourth-order valence-corrected chi connectivity index (χ4v) is 1.69. The monoisotopic (exact) mass is 231 g/mol. The number of nitrogens with two attached hydrogens (primary N) is 1. The second kappa shape index (κ2) is 4.97. The summed E-state index contributed by atoms with van der Waals surface area (Å²) in [5.41, 5.74) is 7.85. The summed E-state index contributed by atoms with van der Waals surface area (Å²) >= 11 is 0. The van der Waals surface area contributed by atoms with E-state index in [0.717, 1.165) is 16.9 Å². The molecule has 2 nitrogen and oxygen atoms in total. The summed E-state index contributed by atoms with van der Waals surface area (Å²) in [6.07, 6.45) is 0. The molecule has 0 spiro atoms. The maximum atomic E-state index is 13.7. The van der Waals surface area contributed by atoms with Gasteiger partial charge in [0.15, 0.2) is 0 Å². The minimum absolute atomic E-state index is 0.243. The van der Waals surface area contributed by atoms with Gasteiger partial charge in [-0.05, 0) is 35.4 Å². The highest BCUT2D eigenvalue weighted by Crippen LogP contribution is 2.25. The lowest BCUT2D eigenvalue weighted by Gasteiger charge is -2.07. The first-order valence-electron chi connectivity index (χ1n) is 5.37. The van der Waals surface area contributed by atoms with E-state index in [1.54, 1.807) is 19.2 Å². The predicted molar refractivity (Wildman–Crippen MR) is 66.3 cm³/mol. The largest absolute Gasteiger partial charge is 0.497 e. The Balaban J connectivity index is 2.43. The lowest BCUT2D eigenvalue weighted by molar-refractivity contribution is 0.415. The molecule has 17 heavy (non-hydrogen) atoms. The second-order valence-corrected chi connectivity index (χ2v) is 3.75. The van der Waals surface area contributed by atoms with Crippen molar-refractivity contribution < 1.29 is 9.13 Å². The summed E-state index contributed by atoms with van der Waals surface area (Å²) in [6, 6.07) is 12.2. The van der Waals surface area contributed by atoms with E-state index in [2.05, 4.69) is 0 Å². The molecule has 0 amide bonds. The quantitative estimate of drug-likeness (QED) is 0.881. The van der Waals surface area contributed by atoms with Gasteiger partial charge < -0.3 is 10.5 Å². The van der Waals surface area contributed by atoms with Crippen molar-refractivity contribution in [2.24, 2.45) is 5.73 Å². The zero-order valence-corrected chi connectivity index (χ0v) is 9.61. The van der Waals surface area contributed by atoms with Gasteiger partial charge in [-0.25, -0.2) is 4.39 Å². The van der Waals surface area contributed by atoms with E-state index in [1.165, 1.54) is 6.07 Å². The predicted octanol–water partition coefficient (Wildman–Crippen LogP) is 2.96. The first-order valence-corrected chi connectivity index (χ1v) is 5.37. The van der Waals surface area contributed by atoms with Crippen molar-refractivity contribution in [3.05, 3.63) is 53.8 Å². The van der Waals surface area contributed by atoms with Gasteiger partial charge in [-0.3, -0.25) is 0 Å². The Bertz CT molecular complexity index is 508. The van der Waals surface area contributed by atoms with E-state index < -0.39 is 0 Å². The molecule has 0 saturated heterocycles. The molecule has 0 fully saturated rings. The molecule has 0 atom stereocenters. The summed E-state index contributed by atoms with van der Waals surface area (Å²) in [7, 11) is 1.60. The Hall–Kier alpha value is -1.87. The van der Waals surface area contributed by atoms with Crippen molar-refractivity contribution in [3.63, 3.8) is 0 Å². The van der Waals surface area contributed by atoms with Crippen LogP contribution in [0.2, 0.25) is 0 Å². The van der Waals surface area contributed by atoms with Crippen LogP contribution < -0.4 is 10.5 Å². The number of halogens is 1. The molecule has 0 aromatic heterocycles. The van der Waals surface area contributed by atoms with E-state index in [1.807, 2.05) is 24.3 Å². The Morgan fingerprint density at radius 1 is 1.12 bits per heavy atom. The zero-order chi connectivity index (χ0) is 12.3. The molecule has 88 valence electrons. The van der Waals surface area contributed by atoms with Gasteiger partial charge in [0.1, 0.15) is 11.6 Å². The van der Waals surface area contributed by atoms with Crippen molar-refractivity contribution in [1.82, 2.24) is 0 Å². The minimum Gasteiger partial charge on any atom is -0.497 e. The van der Waals surface area contributed by atoms with Gasteiger partial charge >= 0.3 is 0 Å². The normalized spacial score (nSPS) is 10.3. The molecular formula is C14H14FNO. The molecular weight excluding hydrogens is 217 g/mol. The Kier molecular flexibility index (Phi) is 3.40. The molecule has 0 heterocycles. The summed E-state index contributed by atoms with van der Waals surface area (Å²) < 4.78 is 18.8. The number of rotatable bonds is 3. The smallest absolute Gasteiger partial charge is 0.131 e. The van der Waals surface area contributed by atoms with Crippen LogP contribution in [-0.2, 0) is 6.54 Å². The SMILES string of the molecule is COc1ccc(-c2cc(CN)ccc2F)cc1. The third-order valence-electron chi connectivity index (χ3n) is 2.67. The van der Waals surface area contributed by atoms with E-state index in [9.17, 15) is 4.39 Å². The van der Waals surface area contributed by atoms with Gasteiger partial charge in [0.2, 0.25) is 0 Å². The van der Waals surface area contributed by atoms with Crippen LogP contribution in [-0.4, -0.2) is 7.11 Å². The summed E-state index contributed by atoms with van der Waals surface area (Å²) in [4.78, 5) is 0. The fourth-order valence-electron chi connectivity index (χ4n) is 1.69. The van der Waals surface area contributed by atoms with Crippen molar-refractivity contribution in [3.8, 4) is 16.9 Å². The highest BCUT2D eigenvalue weighted by Gasteiger charge is 2.06. The molecule has 0 aliphatic rings. The lowest BCUT2D eigenvalue weighted by Crippen LogP contribution is -1.97. The molecule has 0 unspecified atom stereocenters.